The van der Waals surface area contributed by atoms with Crippen LogP contribution in [0.15, 0.2) is 18.6 Å². The molecule has 1 saturated heterocycles. The van der Waals surface area contributed by atoms with Crippen LogP contribution in [0.5, 0.6) is 5.88 Å². The Balaban J connectivity index is 2.21. The van der Waals surface area contributed by atoms with E-state index >= 15 is 0 Å². The molecule has 1 atom stereocenters. The van der Waals surface area contributed by atoms with Gasteiger partial charge < -0.3 is 19.5 Å². The SMILES string of the molecule is COc1cnc(-c2cnc(C)c(C(OC(C)(C)C)C(=O)O)c2N2CCC(C)(C)CC2)cn1. The first-order valence-electron chi connectivity index (χ1n) is 10.9. The van der Waals surface area contributed by atoms with Crippen LogP contribution in [0.1, 0.15) is 64.8 Å². The van der Waals surface area contributed by atoms with E-state index in [0.29, 0.717) is 22.8 Å². The number of rotatable bonds is 6. The summed E-state index contributed by atoms with van der Waals surface area (Å²) in [6.07, 6.45) is 5.78. The lowest BCUT2D eigenvalue weighted by molar-refractivity contribution is -0.160. The van der Waals surface area contributed by atoms with E-state index < -0.39 is 17.7 Å². The Morgan fingerprint density at radius 2 is 1.78 bits per heavy atom. The maximum absolute atomic E-state index is 12.4. The summed E-state index contributed by atoms with van der Waals surface area (Å²) in [5.74, 6) is -0.629. The highest BCUT2D eigenvalue weighted by molar-refractivity contribution is 5.85. The fraction of sp³-hybridized carbons (Fsp3) is 0.583. The topological polar surface area (TPSA) is 97.7 Å². The van der Waals surface area contributed by atoms with Gasteiger partial charge in [0.2, 0.25) is 5.88 Å². The third-order valence-electron chi connectivity index (χ3n) is 5.79. The van der Waals surface area contributed by atoms with Crippen LogP contribution in [0.25, 0.3) is 11.3 Å². The molecule has 0 amide bonds. The number of hydrogen-bond acceptors (Lipinski definition) is 7. The Labute approximate surface area is 190 Å². The van der Waals surface area contributed by atoms with Crippen LogP contribution in [0, 0.1) is 12.3 Å². The molecule has 1 aliphatic heterocycles. The van der Waals surface area contributed by atoms with Gasteiger partial charge in [0.05, 0.1) is 36.5 Å². The monoisotopic (exact) mass is 442 g/mol. The van der Waals surface area contributed by atoms with E-state index in [1.807, 2.05) is 27.7 Å². The zero-order valence-corrected chi connectivity index (χ0v) is 20.1. The van der Waals surface area contributed by atoms with Crippen LogP contribution in [-0.2, 0) is 9.53 Å². The van der Waals surface area contributed by atoms with E-state index in [4.69, 9.17) is 9.47 Å². The summed E-state index contributed by atoms with van der Waals surface area (Å²) in [5, 5.41) is 10.1. The van der Waals surface area contributed by atoms with Gasteiger partial charge in [-0.25, -0.2) is 14.8 Å². The Kier molecular flexibility index (Phi) is 6.74. The molecule has 1 unspecified atom stereocenters. The molecule has 3 heterocycles. The summed E-state index contributed by atoms with van der Waals surface area (Å²) in [7, 11) is 1.54. The van der Waals surface area contributed by atoms with Crippen molar-refractivity contribution in [2.75, 3.05) is 25.1 Å². The molecule has 2 aromatic rings. The predicted octanol–water partition coefficient (Wildman–Crippen LogP) is 4.42. The van der Waals surface area contributed by atoms with Crippen molar-refractivity contribution >= 4 is 11.7 Å². The number of piperidine rings is 1. The average Bonchev–Trinajstić information content (AvgIpc) is 2.71. The summed E-state index contributed by atoms with van der Waals surface area (Å²) in [6, 6.07) is 0. The van der Waals surface area contributed by atoms with Crippen LogP contribution >= 0.6 is 0 Å². The highest BCUT2D eigenvalue weighted by Gasteiger charge is 2.36. The molecule has 2 aromatic heterocycles. The van der Waals surface area contributed by atoms with Gasteiger partial charge in [-0.05, 0) is 46.0 Å². The summed E-state index contributed by atoms with van der Waals surface area (Å²) < 4.78 is 11.2. The summed E-state index contributed by atoms with van der Waals surface area (Å²) in [4.78, 5) is 28.0. The minimum absolute atomic E-state index is 0.243. The Morgan fingerprint density at radius 1 is 1.12 bits per heavy atom. The third kappa shape index (κ3) is 5.35. The number of anilines is 1. The molecule has 32 heavy (non-hydrogen) atoms. The summed E-state index contributed by atoms with van der Waals surface area (Å²) in [6.45, 7) is 13.5. The second-order valence-corrected chi connectivity index (χ2v) is 10.1. The number of hydrogen-bond donors (Lipinski definition) is 1. The molecule has 1 aliphatic rings. The number of carboxylic acids is 1. The molecule has 1 N–H and O–H groups in total. The number of methoxy groups -OCH3 is 1. The first-order chi connectivity index (χ1) is 14.9. The molecule has 0 radical (unpaired) electrons. The second-order valence-electron chi connectivity index (χ2n) is 10.1. The molecule has 0 saturated carbocycles. The molecule has 8 nitrogen and oxygen atoms in total. The zero-order chi connectivity index (χ0) is 23.7. The molecule has 174 valence electrons. The van der Waals surface area contributed by atoms with E-state index in [1.165, 1.54) is 7.11 Å². The van der Waals surface area contributed by atoms with Crippen molar-refractivity contribution in [3.63, 3.8) is 0 Å². The minimum atomic E-state index is -1.15. The highest BCUT2D eigenvalue weighted by Crippen LogP contribution is 2.42. The molecule has 0 spiro atoms. The van der Waals surface area contributed by atoms with Gasteiger partial charge in [-0.1, -0.05) is 13.8 Å². The quantitative estimate of drug-likeness (QED) is 0.702. The van der Waals surface area contributed by atoms with Crippen LogP contribution in [0.4, 0.5) is 5.69 Å². The highest BCUT2D eigenvalue weighted by atomic mass is 16.5. The smallest absolute Gasteiger partial charge is 0.337 e. The van der Waals surface area contributed by atoms with Crippen molar-refractivity contribution in [2.45, 2.75) is 66.1 Å². The van der Waals surface area contributed by atoms with E-state index in [9.17, 15) is 9.90 Å². The number of carboxylic acid groups (broad SMARTS) is 1. The number of aryl methyl sites for hydroxylation is 1. The van der Waals surface area contributed by atoms with Crippen molar-refractivity contribution in [1.82, 2.24) is 15.0 Å². The number of nitrogens with zero attached hydrogens (tertiary/aromatic N) is 4. The Morgan fingerprint density at radius 3 is 2.28 bits per heavy atom. The summed E-state index contributed by atoms with van der Waals surface area (Å²) >= 11 is 0. The maximum atomic E-state index is 12.4. The number of ether oxygens (including phenoxy) is 2. The second kappa shape index (κ2) is 9.02. The Bertz CT molecular complexity index is 957. The van der Waals surface area contributed by atoms with Crippen molar-refractivity contribution in [1.29, 1.82) is 0 Å². The van der Waals surface area contributed by atoms with Gasteiger partial charge in [0.1, 0.15) is 0 Å². The standard InChI is InChI=1S/C24H34N4O4/c1-15-19(21(22(29)30)32-23(2,3)4)20(28-10-8-24(5,6)9-11-28)16(12-25-15)17-13-27-18(31-7)14-26-17/h12-14,21H,8-11H2,1-7H3,(H,29,30). The number of pyridine rings is 1. The van der Waals surface area contributed by atoms with Gasteiger partial charge in [-0.2, -0.15) is 0 Å². The van der Waals surface area contributed by atoms with Crippen LogP contribution < -0.4 is 9.64 Å². The van der Waals surface area contributed by atoms with E-state index in [1.54, 1.807) is 18.6 Å². The fourth-order valence-corrected chi connectivity index (χ4v) is 3.93. The van der Waals surface area contributed by atoms with Crippen LogP contribution in [-0.4, -0.2) is 51.8 Å². The lowest BCUT2D eigenvalue weighted by atomic mass is 9.82. The Hall–Kier alpha value is -2.74. The lowest BCUT2D eigenvalue weighted by Crippen LogP contribution is -2.39. The molecular weight excluding hydrogens is 408 g/mol. The molecule has 0 bridgehead atoms. The van der Waals surface area contributed by atoms with Crippen LogP contribution in [0.2, 0.25) is 0 Å². The van der Waals surface area contributed by atoms with Crippen molar-refractivity contribution in [2.24, 2.45) is 5.41 Å². The molecule has 0 aromatic carbocycles. The fourth-order valence-electron chi connectivity index (χ4n) is 3.93. The minimum Gasteiger partial charge on any atom is -0.480 e. The van der Waals surface area contributed by atoms with E-state index in [0.717, 1.165) is 37.2 Å². The van der Waals surface area contributed by atoms with Crippen molar-refractivity contribution in [3.8, 4) is 17.1 Å². The third-order valence-corrected chi connectivity index (χ3v) is 5.79. The molecule has 8 heteroatoms. The van der Waals surface area contributed by atoms with Crippen molar-refractivity contribution < 1.29 is 19.4 Å². The number of carbonyl (C=O) groups is 1. The van der Waals surface area contributed by atoms with Gasteiger partial charge in [0, 0.05) is 36.1 Å². The van der Waals surface area contributed by atoms with Gasteiger partial charge in [-0.3, -0.25) is 4.98 Å². The number of aliphatic carboxylic acids is 1. The van der Waals surface area contributed by atoms with E-state index in [2.05, 4.69) is 33.7 Å². The predicted molar refractivity (Wildman–Crippen MR) is 123 cm³/mol. The molecular formula is C24H34N4O4. The number of aromatic nitrogens is 3. The largest absolute Gasteiger partial charge is 0.480 e. The van der Waals surface area contributed by atoms with Crippen molar-refractivity contribution in [3.05, 3.63) is 29.8 Å². The van der Waals surface area contributed by atoms with E-state index in [-0.39, 0.29) is 5.41 Å². The summed E-state index contributed by atoms with van der Waals surface area (Å²) in [5.41, 5.74) is 2.96. The maximum Gasteiger partial charge on any atom is 0.337 e. The first kappa shape index (κ1) is 23.9. The lowest BCUT2D eigenvalue weighted by Gasteiger charge is -2.40. The molecule has 0 aliphatic carbocycles. The van der Waals surface area contributed by atoms with Gasteiger partial charge in [0.15, 0.2) is 6.10 Å². The van der Waals surface area contributed by atoms with Crippen LogP contribution in [0.3, 0.4) is 0 Å². The van der Waals surface area contributed by atoms with Gasteiger partial charge in [-0.15, -0.1) is 0 Å². The average molecular weight is 443 g/mol. The zero-order valence-electron chi connectivity index (χ0n) is 20.1. The molecule has 3 rings (SSSR count). The molecule has 1 fully saturated rings. The van der Waals surface area contributed by atoms with Gasteiger partial charge in [0.25, 0.3) is 0 Å². The van der Waals surface area contributed by atoms with Gasteiger partial charge >= 0.3 is 5.97 Å². The normalized spacial score (nSPS) is 17.2. The first-order valence-corrected chi connectivity index (χ1v) is 10.9.